The van der Waals surface area contributed by atoms with Gasteiger partial charge in [0.1, 0.15) is 0 Å². The Morgan fingerprint density at radius 2 is 1.47 bits per heavy atom. The number of anilines is 1. The number of carbonyl (C=O) groups excluding carboxylic acids is 3. The first kappa shape index (κ1) is 22.6. The Morgan fingerprint density at radius 3 is 2.06 bits per heavy atom. The third-order valence-electron chi connectivity index (χ3n) is 6.61. The zero-order chi connectivity index (χ0) is 24.0. The van der Waals surface area contributed by atoms with Crippen LogP contribution in [0.25, 0.3) is 0 Å². The van der Waals surface area contributed by atoms with E-state index >= 15 is 0 Å². The molecule has 3 aromatic carbocycles. The number of amides is 2. The number of ether oxygens (including phenoxy) is 1. The lowest BCUT2D eigenvalue weighted by atomic mass is 9.75. The molecule has 0 aromatic heterocycles. The zero-order valence-electron chi connectivity index (χ0n) is 18.1. The van der Waals surface area contributed by atoms with Crippen LogP contribution in [0.4, 0.5) is 5.69 Å². The van der Waals surface area contributed by atoms with Gasteiger partial charge in [-0.15, -0.1) is 0 Å². The van der Waals surface area contributed by atoms with Crippen LogP contribution >= 0.6 is 23.2 Å². The van der Waals surface area contributed by atoms with E-state index in [9.17, 15) is 14.4 Å². The second kappa shape index (κ2) is 8.55. The van der Waals surface area contributed by atoms with E-state index in [-0.39, 0.29) is 0 Å². The van der Waals surface area contributed by atoms with Gasteiger partial charge in [0.2, 0.25) is 11.8 Å². The molecule has 34 heavy (non-hydrogen) atoms. The molecule has 2 amide bonds. The molecule has 0 unspecified atom stereocenters. The standard InChI is InChI=1S/C26H20Cl2N2O4/c1-34-25(33)26(16-5-3-2-4-6-16)21-20(22(29-26)15-7-9-17(27)10-8-15)23(31)30(24(21)32)19-13-11-18(28)12-14-19/h2-14,20-22,29H,1H3/t20-,21+,22-,26+/m0/s1. The predicted octanol–water partition coefficient (Wildman–Crippen LogP) is 4.51. The van der Waals surface area contributed by atoms with E-state index in [2.05, 4.69) is 5.32 Å². The molecule has 2 aliphatic rings. The quantitative estimate of drug-likeness (QED) is 0.426. The molecule has 0 saturated carbocycles. The zero-order valence-corrected chi connectivity index (χ0v) is 19.6. The van der Waals surface area contributed by atoms with Gasteiger partial charge in [-0.05, 0) is 47.5 Å². The first-order valence-electron chi connectivity index (χ1n) is 10.7. The maximum atomic E-state index is 13.9. The van der Waals surface area contributed by atoms with Gasteiger partial charge in [0.05, 0.1) is 24.6 Å². The molecule has 2 aliphatic heterocycles. The minimum absolute atomic E-state index is 0.397. The molecule has 2 fully saturated rings. The molecule has 3 aromatic rings. The number of nitrogens with one attached hydrogen (secondary N) is 1. The lowest BCUT2D eigenvalue weighted by Crippen LogP contribution is -2.53. The molecule has 4 atom stereocenters. The fourth-order valence-electron chi connectivity index (χ4n) is 5.14. The van der Waals surface area contributed by atoms with Gasteiger partial charge in [-0.2, -0.15) is 0 Å². The third kappa shape index (κ3) is 3.33. The first-order valence-corrected chi connectivity index (χ1v) is 11.4. The predicted molar refractivity (Wildman–Crippen MR) is 128 cm³/mol. The molecular weight excluding hydrogens is 475 g/mol. The van der Waals surface area contributed by atoms with Crippen molar-refractivity contribution in [2.24, 2.45) is 11.8 Å². The van der Waals surface area contributed by atoms with Crippen LogP contribution in [0.2, 0.25) is 10.0 Å². The van der Waals surface area contributed by atoms with Crippen LogP contribution in [0.3, 0.4) is 0 Å². The highest BCUT2D eigenvalue weighted by Gasteiger charge is 2.69. The Morgan fingerprint density at radius 1 is 0.882 bits per heavy atom. The number of hydrogen-bond acceptors (Lipinski definition) is 5. The summed E-state index contributed by atoms with van der Waals surface area (Å²) in [6.07, 6.45) is 0. The van der Waals surface area contributed by atoms with E-state index in [1.807, 2.05) is 6.07 Å². The largest absolute Gasteiger partial charge is 0.467 e. The van der Waals surface area contributed by atoms with Crippen molar-refractivity contribution in [3.63, 3.8) is 0 Å². The molecule has 6 nitrogen and oxygen atoms in total. The summed E-state index contributed by atoms with van der Waals surface area (Å²) in [5.74, 6) is -3.37. The van der Waals surface area contributed by atoms with E-state index in [0.29, 0.717) is 21.3 Å². The van der Waals surface area contributed by atoms with Crippen molar-refractivity contribution < 1.29 is 19.1 Å². The van der Waals surface area contributed by atoms with Crippen molar-refractivity contribution in [1.29, 1.82) is 0 Å². The highest BCUT2D eigenvalue weighted by molar-refractivity contribution is 6.31. The lowest BCUT2D eigenvalue weighted by Gasteiger charge is -2.33. The van der Waals surface area contributed by atoms with E-state index in [4.69, 9.17) is 27.9 Å². The van der Waals surface area contributed by atoms with Crippen LogP contribution in [0.5, 0.6) is 0 Å². The van der Waals surface area contributed by atoms with Crippen LogP contribution in [-0.4, -0.2) is 24.9 Å². The minimum atomic E-state index is -1.56. The van der Waals surface area contributed by atoms with E-state index < -0.39 is 41.2 Å². The molecule has 0 spiro atoms. The van der Waals surface area contributed by atoms with Crippen LogP contribution in [0, 0.1) is 11.8 Å². The van der Waals surface area contributed by atoms with Gasteiger partial charge in [0, 0.05) is 16.1 Å². The summed E-state index contributed by atoms with van der Waals surface area (Å²) in [4.78, 5) is 42.3. The number of esters is 1. The summed E-state index contributed by atoms with van der Waals surface area (Å²) in [6.45, 7) is 0. The summed E-state index contributed by atoms with van der Waals surface area (Å²) in [5.41, 5.74) is 0.127. The van der Waals surface area contributed by atoms with Gasteiger partial charge >= 0.3 is 5.97 Å². The SMILES string of the molecule is COC(=O)[C@]1(c2ccccc2)N[C@@H](c2ccc(Cl)cc2)[C@H]2C(=O)N(c3ccc(Cl)cc3)C(=O)[C@@H]21. The van der Waals surface area contributed by atoms with E-state index in [0.717, 1.165) is 10.5 Å². The van der Waals surface area contributed by atoms with Crippen LogP contribution in [0.15, 0.2) is 78.9 Å². The monoisotopic (exact) mass is 494 g/mol. The minimum Gasteiger partial charge on any atom is -0.467 e. The molecular formula is C26H20Cl2N2O4. The molecule has 5 rings (SSSR count). The second-order valence-corrected chi connectivity index (χ2v) is 9.20. The number of hydrogen-bond donors (Lipinski definition) is 1. The number of carbonyl (C=O) groups is 3. The number of methoxy groups -OCH3 is 1. The Kier molecular flexibility index (Phi) is 5.68. The van der Waals surface area contributed by atoms with Gasteiger partial charge in [0.25, 0.3) is 0 Å². The first-order chi connectivity index (χ1) is 16.4. The van der Waals surface area contributed by atoms with Crippen molar-refractivity contribution in [3.8, 4) is 0 Å². The topological polar surface area (TPSA) is 75.7 Å². The van der Waals surface area contributed by atoms with Crippen molar-refractivity contribution >= 4 is 46.7 Å². The van der Waals surface area contributed by atoms with Gasteiger partial charge in [-0.1, -0.05) is 65.7 Å². The Bertz CT molecular complexity index is 1260. The number of nitrogens with zero attached hydrogens (tertiary/aromatic N) is 1. The molecule has 2 heterocycles. The van der Waals surface area contributed by atoms with Gasteiger partial charge in [-0.25, -0.2) is 9.69 Å². The van der Waals surface area contributed by atoms with Gasteiger partial charge in [-0.3, -0.25) is 14.9 Å². The number of rotatable bonds is 4. The highest BCUT2D eigenvalue weighted by Crippen LogP contribution is 2.54. The molecule has 2 saturated heterocycles. The maximum absolute atomic E-state index is 13.9. The van der Waals surface area contributed by atoms with Crippen LogP contribution < -0.4 is 10.2 Å². The fourth-order valence-corrected chi connectivity index (χ4v) is 5.39. The number of halogens is 2. The van der Waals surface area contributed by atoms with Crippen molar-refractivity contribution in [2.45, 2.75) is 11.6 Å². The average molecular weight is 495 g/mol. The summed E-state index contributed by atoms with van der Waals surface area (Å²) < 4.78 is 5.22. The molecule has 0 radical (unpaired) electrons. The van der Waals surface area contributed by atoms with E-state index in [1.165, 1.54) is 7.11 Å². The van der Waals surface area contributed by atoms with Gasteiger partial charge < -0.3 is 4.74 Å². The molecule has 1 N–H and O–H groups in total. The molecule has 0 bridgehead atoms. The number of imide groups is 1. The Hall–Kier alpha value is -3.19. The molecule has 8 heteroatoms. The van der Waals surface area contributed by atoms with Crippen LogP contribution in [-0.2, 0) is 24.7 Å². The second-order valence-electron chi connectivity index (χ2n) is 8.33. The summed E-state index contributed by atoms with van der Waals surface area (Å²) in [7, 11) is 1.28. The third-order valence-corrected chi connectivity index (χ3v) is 7.11. The molecule has 172 valence electrons. The number of fused-ring (bicyclic) bond motifs is 1. The summed E-state index contributed by atoms with van der Waals surface area (Å²) in [6, 6.07) is 21.7. The van der Waals surface area contributed by atoms with E-state index in [1.54, 1.807) is 72.8 Å². The van der Waals surface area contributed by atoms with Crippen LogP contribution in [0.1, 0.15) is 17.2 Å². The van der Waals surface area contributed by atoms with Crippen molar-refractivity contribution in [2.75, 3.05) is 12.0 Å². The van der Waals surface area contributed by atoms with Crippen molar-refractivity contribution in [1.82, 2.24) is 5.32 Å². The maximum Gasteiger partial charge on any atom is 0.331 e. The van der Waals surface area contributed by atoms with Crippen molar-refractivity contribution in [3.05, 3.63) is 100 Å². The fraction of sp³-hybridized carbons (Fsp3) is 0.192. The summed E-state index contributed by atoms with van der Waals surface area (Å²) >= 11 is 12.1. The van der Waals surface area contributed by atoms with Gasteiger partial charge in [0.15, 0.2) is 5.54 Å². The number of benzene rings is 3. The smallest absolute Gasteiger partial charge is 0.331 e. The molecule has 0 aliphatic carbocycles. The Labute approximate surface area is 206 Å². The lowest BCUT2D eigenvalue weighted by molar-refractivity contribution is -0.152. The normalized spacial score (nSPS) is 26.0. The Balaban J connectivity index is 1.72. The average Bonchev–Trinajstić information content (AvgIpc) is 3.35. The highest BCUT2D eigenvalue weighted by atomic mass is 35.5. The summed E-state index contributed by atoms with van der Waals surface area (Å²) in [5, 5.41) is 4.37.